The Hall–Kier alpha value is -1.61. The highest BCUT2D eigenvalue weighted by atomic mass is 32.2. The van der Waals surface area contributed by atoms with Gasteiger partial charge in [-0.1, -0.05) is 0 Å². The van der Waals surface area contributed by atoms with Crippen LogP contribution in [-0.4, -0.2) is 36.7 Å². The highest BCUT2D eigenvalue weighted by Gasteiger charge is 2.20. The Kier molecular flexibility index (Phi) is 5.52. The van der Waals surface area contributed by atoms with Crippen molar-refractivity contribution in [3.8, 4) is 0 Å². The van der Waals surface area contributed by atoms with E-state index >= 15 is 0 Å². The van der Waals surface area contributed by atoms with Gasteiger partial charge >= 0.3 is 0 Å². The molecule has 0 spiro atoms. The Morgan fingerprint density at radius 1 is 1.50 bits per heavy atom. The highest BCUT2D eigenvalue weighted by Crippen LogP contribution is 2.15. The molecule has 9 heteroatoms. The van der Waals surface area contributed by atoms with Gasteiger partial charge in [0.05, 0.1) is 0 Å². The fourth-order valence-electron chi connectivity index (χ4n) is 1.56. The Labute approximate surface area is 118 Å². The lowest BCUT2D eigenvalue weighted by atomic mass is 10.3. The third-order valence-electron chi connectivity index (χ3n) is 2.46. The molecule has 0 aromatic carbocycles. The number of nitrogens with zero attached hydrogens (tertiary/aromatic N) is 2. The van der Waals surface area contributed by atoms with E-state index in [-0.39, 0.29) is 35.6 Å². The van der Waals surface area contributed by atoms with Gasteiger partial charge in [0.15, 0.2) is 5.82 Å². The molecule has 1 amide bonds. The molecule has 0 unspecified atom stereocenters. The molecule has 0 aliphatic heterocycles. The van der Waals surface area contributed by atoms with E-state index in [0.29, 0.717) is 6.54 Å². The SMILES string of the molecule is CCn1cc(S(=O)(=O)NCCC(=O)NC(C)C)c(N)n1. The molecule has 0 radical (unpaired) electrons. The second-order valence-electron chi connectivity index (χ2n) is 4.60. The van der Waals surface area contributed by atoms with Gasteiger partial charge in [0.1, 0.15) is 4.90 Å². The Morgan fingerprint density at radius 3 is 2.65 bits per heavy atom. The van der Waals surface area contributed by atoms with Crippen LogP contribution < -0.4 is 15.8 Å². The van der Waals surface area contributed by atoms with Gasteiger partial charge in [-0.05, 0) is 20.8 Å². The summed E-state index contributed by atoms with van der Waals surface area (Å²) in [7, 11) is -3.74. The van der Waals surface area contributed by atoms with Crippen LogP contribution in [0.1, 0.15) is 27.2 Å². The number of anilines is 1. The van der Waals surface area contributed by atoms with E-state index in [1.165, 1.54) is 10.9 Å². The summed E-state index contributed by atoms with van der Waals surface area (Å²) in [6.07, 6.45) is 1.44. The number of aryl methyl sites for hydroxylation is 1. The number of nitrogens with two attached hydrogens (primary N) is 1. The first-order valence-corrected chi connectivity index (χ1v) is 7.86. The zero-order valence-corrected chi connectivity index (χ0v) is 12.7. The van der Waals surface area contributed by atoms with Crippen LogP contribution >= 0.6 is 0 Å². The van der Waals surface area contributed by atoms with Crippen LogP contribution in [0.5, 0.6) is 0 Å². The number of carbonyl (C=O) groups is 1. The van der Waals surface area contributed by atoms with Crippen LogP contribution in [0, 0.1) is 0 Å². The number of rotatable bonds is 7. The van der Waals surface area contributed by atoms with Crippen LogP contribution in [0.15, 0.2) is 11.1 Å². The lowest BCUT2D eigenvalue weighted by molar-refractivity contribution is -0.121. The molecule has 0 saturated heterocycles. The first-order valence-electron chi connectivity index (χ1n) is 6.38. The standard InChI is InChI=1S/C11H21N5O3S/c1-4-16-7-9(11(12)15-16)20(18,19)13-6-5-10(17)14-8(2)3/h7-8,13H,4-6H2,1-3H3,(H2,12,15)(H,14,17). The van der Waals surface area contributed by atoms with Crippen LogP contribution in [0.2, 0.25) is 0 Å². The molecule has 1 aromatic rings. The molecule has 0 atom stereocenters. The number of carbonyl (C=O) groups excluding carboxylic acids is 1. The lowest BCUT2D eigenvalue weighted by Crippen LogP contribution is -2.34. The zero-order chi connectivity index (χ0) is 15.3. The summed E-state index contributed by atoms with van der Waals surface area (Å²) in [5.41, 5.74) is 5.57. The van der Waals surface area contributed by atoms with E-state index in [0.717, 1.165) is 0 Å². The summed E-state index contributed by atoms with van der Waals surface area (Å²) in [5.74, 6) is -0.258. The zero-order valence-electron chi connectivity index (χ0n) is 11.9. The second kappa shape index (κ2) is 6.71. The molecule has 0 aliphatic rings. The van der Waals surface area contributed by atoms with Crippen LogP contribution in [-0.2, 0) is 21.4 Å². The Morgan fingerprint density at radius 2 is 2.15 bits per heavy atom. The molecule has 0 saturated carbocycles. The normalized spacial score (nSPS) is 11.8. The molecule has 20 heavy (non-hydrogen) atoms. The molecule has 1 heterocycles. The van der Waals surface area contributed by atoms with Crippen molar-refractivity contribution in [1.29, 1.82) is 0 Å². The van der Waals surface area contributed by atoms with Crippen LogP contribution in [0.4, 0.5) is 5.82 Å². The molecule has 1 rings (SSSR count). The quantitative estimate of drug-likeness (QED) is 0.637. The summed E-state index contributed by atoms with van der Waals surface area (Å²) >= 11 is 0. The van der Waals surface area contributed by atoms with Crippen LogP contribution in [0.3, 0.4) is 0 Å². The predicted octanol–water partition coefficient (Wildman–Crippen LogP) is -0.322. The Bertz CT molecular complexity index is 565. The maximum absolute atomic E-state index is 12.0. The minimum atomic E-state index is -3.74. The Balaban J connectivity index is 2.62. The summed E-state index contributed by atoms with van der Waals surface area (Å²) in [6.45, 7) is 6.03. The number of hydrogen-bond donors (Lipinski definition) is 3. The smallest absolute Gasteiger partial charge is 0.245 e. The molecular formula is C11H21N5O3S. The van der Waals surface area contributed by atoms with E-state index in [2.05, 4.69) is 15.1 Å². The van der Waals surface area contributed by atoms with Gasteiger partial charge in [0, 0.05) is 31.7 Å². The monoisotopic (exact) mass is 303 g/mol. The number of amides is 1. The van der Waals surface area contributed by atoms with Crippen molar-refractivity contribution < 1.29 is 13.2 Å². The topological polar surface area (TPSA) is 119 Å². The molecule has 0 bridgehead atoms. The molecular weight excluding hydrogens is 282 g/mol. The van der Waals surface area contributed by atoms with Crippen LogP contribution in [0.25, 0.3) is 0 Å². The number of aromatic nitrogens is 2. The van der Waals surface area contributed by atoms with Crippen molar-refractivity contribution in [2.24, 2.45) is 0 Å². The number of sulfonamides is 1. The van der Waals surface area contributed by atoms with Crippen molar-refractivity contribution in [2.45, 2.75) is 44.7 Å². The van der Waals surface area contributed by atoms with E-state index in [9.17, 15) is 13.2 Å². The van der Waals surface area contributed by atoms with Gasteiger partial charge in [-0.3, -0.25) is 9.48 Å². The average molecular weight is 303 g/mol. The van der Waals surface area contributed by atoms with Gasteiger partial charge in [0.25, 0.3) is 0 Å². The summed E-state index contributed by atoms with van der Waals surface area (Å²) in [5, 5.41) is 6.55. The van der Waals surface area contributed by atoms with Gasteiger partial charge in [0.2, 0.25) is 15.9 Å². The molecule has 4 N–H and O–H groups in total. The van der Waals surface area contributed by atoms with Gasteiger partial charge < -0.3 is 11.1 Å². The molecule has 1 aromatic heterocycles. The maximum Gasteiger partial charge on any atom is 0.245 e. The van der Waals surface area contributed by atoms with Gasteiger partial charge in [-0.25, -0.2) is 13.1 Å². The fraction of sp³-hybridized carbons (Fsp3) is 0.636. The average Bonchev–Trinajstić information content (AvgIpc) is 2.70. The van der Waals surface area contributed by atoms with Crippen molar-refractivity contribution in [3.05, 3.63) is 6.20 Å². The van der Waals surface area contributed by atoms with E-state index in [1.807, 2.05) is 20.8 Å². The number of nitrogen functional groups attached to an aromatic ring is 1. The van der Waals surface area contributed by atoms with Gasteiger partial charge in [-0.2, -0.15) is 5.10 Å². The number of nitrogens with one attached hydrogen (secondary N) is 2. The van der Waals surface area contributed by atoms with E-state index in [4.69, 9.17) is 5.73 Å². The summed E-state index contributed by atoms with van der Waals surface area (Å²) < 4.78 is 27.8. The van der Waals surface area contributed by atoms with Crippen molar-refractivity contribution in [2.75, 3.05) is 12.3 Å². The lowest BCUT2D eigenvalue weighted by Gasteiger charge is -2.08. The van der Waals surface area contributed by atoms with E-state index in [1.54, 1.807) is 0 Å². The largest absolute Gasteiger partial charge is 0.381 e. The molecule has 8 nitrogen and oxygen atoms in total. The van der Waals surface area contributed by atoms with Crippen molar-refractivity contribution in [1.82, 2.24) is 19.8 Å². The molecule has 0 aliphatic carbocycles. The van der Waals surface area contributed by atoms with Crippen molar-refractivity contribution >= 4 is 21.7 Å². The third kappa shape index (κ3) is 4.49. The second-order valence-corrected chi connectivity index (χ2v) is 6.34. The van der Waals surface area contributed by atoms with Gasteiger partial charge in [-0.15, -0.1) is 0 Å². The summed E-state index contributed by atoms with van der Waals surface area (Å²) in [6, 6.07) is 0.0255. The van der Waals surface area contributed by atoms with E-state index < -0.39 is 10.0 Å². The maximum atomic E-state index is 12.0. The highest BCUT2D eigenvalue weighted by molar-refractivity contribution is 7.89. The number of hydrogen-bond acceptors (Lipinski definition) is 5. The first-order chi connectivity index (χ1) is 9.26. The third-order valence-corrected chi connectivity index (χ3v) is 3.94. The minimum absolute atomic E-state index is 0.0115. The fourth-order valence-corrected chi connectivity index (χ4v) is 2.66. The predicted molar refractivity (Wildman–Crippen MR) is 75.4 cm³/mol. The molecule has 0 fully saturated rings. The van der Waals surface area contributed by atoms with Crippen molar-refractivity contribution in [3.63, 3.8) is 0 Å². The minimum Gasteiger partial charge on any atom is -0.381 e. The molecule has 114 valence electrons. The first kappa shape index (κ1) is 16.4. The summed E-state index contributed by atoms with van der Waals surface area (Å²) in [4.78, 5) is 11.3.